The number of hydrogen-bond donors (Lipinski definition) is 2. The summed E-state index contributed by atoms with van der Waals surface area (Å²) in [7, 11) is 0. The summed E-state index contributed by atoms with van der Waals surface area (Å²) < 4.78 is 0.840. The molecule has 0 unspecified atom stereocenters. The Hall–Kier alpha value is -1.11. The van der Waals surface area contributed by atoms with Crippen molar-refractivity contribution in [2.45, 2.75) is 38.5 Å². The zero-order valence-electron chi connectivity index (χ0n) is 11.2. The van der Waals surface area contributed by atoms with Gasteiger partial charge in [0.25, 0.3) is 0 Å². The van der Waals surface area contributed by atoms with Gasteiger partial charge in [0.2, 0.25) is 5.91 Å². The highest BCUT2D eigenvalue weighted by Gasteiger charge is 2.21. The third kappa shape index (κ3) is 3.94. The summed E-state index contributed by atoms with van der Waals surface area (Å²) in [5.74, 6) is -1.05. The number of carbonyl (C=O) groups excluding carboxylic acids is 1. The van der Waals surface area contributed by atoms with Crippen LogP contribution in [0.5, 0.6) is 0 Å². The van der Waals surface area contributed by atoms with Crippen molar-refractivity contribution in [1.82, 2.24) is 0 Å². The van der Waals surface area contributed by atoms with E-state index in [4.69, 9.17) is 0 Å². The summed E-state index contributed by atoms with van der Waals surface area (Å²) >= 11 is 2.06. The van der Waals surface area contributed by atoms with Crippen LogP contribution in [-0.2, 0) is 4.79 Å². The first-order chi connectivity index (χ1) is 9.58. The maximum Gasteiger partial charge on any atom is 0.337 e. The molecule has 1 aliphatic rings. The number of carboxylic acids is 1. The molecule has 0 atom stereocenters. The van der Waals surface area contributed by atoms with Gasteiger partial charge in [-0.1, -0.05) is 25.7 Å². The van der Waals surface area contributed by atoms with Crippen LogP contribution < -0.4 is 5.32 Å². The van der Waals surface area contributed by atoms with Gasteiger partial charge in [-0.3, -0.25) is 4.79 Å². The fourth-order valence-electron chi connectivity index (χ4n) is 2.58. The lowest BCUT2D eigenvalue weighted by Gasteiger charge is -2.15. The van der Waals surface area contributed by atoms with E-state index in [1.807, 2.05) is 0 Å². The zero-order chi connectivity index (χ0) is 14.5. The Morgan fingerprint density at radius 2 is 1.80 bits per heavy atom. The maximum atomic E-state index is 12.3. The lowest BCUT2D eigenvalue weighted by Crippen LogP contribution is -2.23. The molecule has 1 aromatic carbocycles. The van der Waals surface area contributed by atoms with Crippen LogP contribution in [0.25, 0.3) is 0 Å². The number of hydrogen-bond acceptors (Lipinski definition) is 2. The maximum absolute atomic E-state index is 12.3. The van der Waals surface area contributed by atoms with E-state index in [0.29, 0.717) is 5.69 Å². The van der Waals surface area contributed by atoms with Crippen molar-refractivity contribution in [3.8, 4) is 0 Å². The summed E-state index contributed by atoms with van der Waals surface area (Å²) in [5.41, 5.74) is 0.547. The predicted molar refractivity (Wildman–Crippen MR) is 85.9 cm³/mol. The molecule has 1 aliphatic carbocycles. The smallest absolute Gasteiger partial charge is 0.337 e. The monoisotopic (exact) mass is 387 g/mol. The summed E-state index contributed by atoms with van der Waals surface area (Å²) in [6, 6.07) is 5.04. The van der Waals surface area contributed by atoms with Gasteiger partial charge in [0.05, 0.1) is 11.3 Å². The van der Waals surface area contributed by atoms with E-state index in [0.717, 1.165) is 29.3 Å². The molecule has 1 amide bonds. The molecule has 1 fully saturated rings. The van der Waals surface area contributed by atoms with Gasteiger partial charge in [-0.2, -0.15) is 0 Å². The van der Waals surface area contributed by atoms with Crippen molar-refractivity contribution in [3.05, 3.63) is 27.3 Å². The number of carbonyl (C=O) groups is 2. The molecule has 0 aliphatic heterocycles. The number of amides is 1. The summed E-state index contributed by atoms with van der Waals surface area (Å²) in [6.45, 7) is 0. The Kier molecular flexibility index (Phi) is 5.39. The second-order valence-electron chi connectivity index (χ2n) is 5.17. The molecule has 0 saturated heterocycles. The highest BCUT2D eigenvalue weighted by Crippen LogP contribution is 2.25. The van der Waals surface area contributed by atoms with E-state index in [-0.39, 0.29) is 17.4 Å². The molecular formula is C15H18INO3. The molecule has 0 aromatic heterocycles. The van der Waals surface area contributed by atoms with Gasteiger partial charge < -0.3 is 10.4 Å². The third-order valence-electron chi connectivity index (χ3n) is 3.70. The average Bonchev–Trinajstić information content (AvgIpc) is 2.69. The second-order valence-corrected chi connectivity index (χ2v) is 6.42. The number of anilines is 1. The standard InChI is InChI=1S/C15H18INO3/c16-11-7-8-13(12(9-11)15(19)20)17-14(18)10-5-3-1-2-4-6-10/h7-10H,1-6H2,(H,17,18)(H,19,20). The summed E-state index contributed by atoms with van der Waals surface area (Å²) in [6.07, 6.45) is 6.34. The first kappa shape index (κ1) is 15.3. The predicted octanol–water partition coefficient (Wildman–Crippen LogP) is 3.90. The molecule has 0 radical (unpaired) electrons. The van der Waals surface area contributed by atoms with Gasteiger partial charge in [0, 0.05) is 9.49 Å². The quantitative estimate of drug-likeness (QED) is 0.611. The molecule has 0 heterocycles. The Morgan fingerprint density at radius 3 is 2.40 bits per heavy atom. The van der Waals surface area contributed by atoms with Gasteiger partial charge in [-0.15, -0.1) is 0 Å². The molecule has 2 rings (SSSR count). The van der Waals surface area contributed by atoms with E-state index >= 15 is 0 Å². The van der Waals surface area contributed by atoms with Crippen LogP contribution in [0.2, 0.25) is 0 Å². The van der Waals surface area contributed by atoms with Crippen molar-refractivity contribution in [1.29, 1.82) is 0 Å². The minimum Gasteiger partial charge on any atom is -0.478 e. The fourth-order valence-corrected chi connectivity index (χ4v) is 3.07. The minimum atomic E-state index is -1.01. The first-order valence-corrected chi connectivity index (χ1v) is 7.99. The van der Waals surface area contributed by atoms with Gasteiger partial charge >= 0.3 is 5.97 Å². The number of nitrogens with one attached hydrogen (secondary N) is 1. The lowest BCUT2D eigenvalue weighted by atomic mass is 9.99. The van der Waals surface area contributed by atoms with Crippen molar-refractivity contribution in [2.75, 3.05) is 5.32 Å². The van der Waals surface area contributed by atoms with Crippen LogP contribution in [0.1, 0.15) is 48.9 Å². The zero-order valence-corrected chi connectivity index (χ0v) is 13.4. The number of rotatable bonds is 3. The number of carboxylic acid groups (broad SMARTS) is 1. The molecule has 2 N–H and O–H groups in total. The van der Waals surface area contributed by atoms with E-state index in [1.165, 1.54) is 12.8 Å². The normalized spacial score (nSPS) is 16.4. The molecule has 1 saturated carbocycles. The Morgan fingerprint density at radius 1 is 1.15 bits per heavy atom. The van der Waals surface area contributed by atoms with Gasteiger partial charge in [-0.05, 0) is 53.6 Å². The van der Waals surface area contributed by atoms with E-state index in [2.05, 4.69) is 27.9 Å². The van der Waals surface area contributed by atoms with E-state index in [1.54, 1.807) is 18.2 Å². The van der Waals surface area contributed by atoms with Crippen LogP contribution in [-0.4, -0.2) is 17.0 Å². The third-order valence-corrected chi connectivity index (χ3v) is 4.37. The molecule has 108 valence electrons. The van der Waals surface area contributed by atoms with Gasteiger partial charge in [0.1, 0.15) is 0 Å². The van der Waals surface area contributed by atoms with Crippen LogP contribution in [0.4, 0.5) is 5.69 Å². The van der Waals surface area contributed by atoms with Crippen molar-refractivity contribution >= 4 is 40.2 Å². The van der Waals surface area contributed by atoms with Crippen molar-refractivity contribution in [3.63, 3.8) is 0 Å². The number of aromatic carboxylic acids is 1. The Labute approximate surface area is 132 Å². The minimum absolute atomic E-state index is 0.0124. The highest BCUT2D eigenvalue weighted by atomic mass is 127. The SMILES string of the molecule is O=C(O)c1cc(I)ccc1NC(=O)C1CCCCCC1. The first-order valence-electron chi connectivity index (χ1n) is 6.91. The van der Waals surface area contributed by atoms with Gasteiger partial charge in [-0.25, -0.2) is 4.79 Å². The van der Waals surface area contributed by atoms with Crippen molar-refractivity contribution in [2.24, 2.45) is 5.92 Å². The lowest BCUT2D eigenvalue weighted by molar-refractivity contribution is -0.120. The summed E-state index contributed by atoms with van der Waals surface area (Å²) in [4.78, 5) is 23.5. The Balaban J connectivity index is 2.12. The van der Waals surface area contributed by atoms with Crippen molar-refractivity contribution < 1.29 is 14.7 Å². The molecule has 1 aromatic rings. The van der Waals surface area contributed by atoms with Crippen LogP contribution in [0.3, 0.4) is 0 Å². The van der Waals surface area contributed by atoms with E-state index in [9.17, 15) is 14.7 Å². The Bertz CT molecular complexity index is 508. The second kappa shape index (κ2) is 7.06. The van der Waals surface area contributed by atoms with Crippen LogP contribution in [0.15, 0.2) is 18.2 Å². The molecule has 4 nitrogen and oxygen atoms in total. The average molecular weight is 387 g/mol. The van der Waals surface area contributed by atoms with Crippen LogP contribution in [0, 0.1) is 9.49 Å². The fraction of sp³-hybridized carbons (Fsp3) is 0.467. The van der Waals surface area contributed by atoms with Crippen LogP contribution >= 0.6 is 22.6 Å². The topological polar surface area (TPSA) is 66.4 Å². The number of benzene rings is 1. The molecule has 0 spiro atoms. The van der Waals surface area contributed by atoms with E-state index < -0.39 is 5.97 Å². The highest BCUT2D eigenvalue weighted by molar-refractivity contribution is 14.1. The van der Waals surface area contributed by atoms with Gasteiger partial charge in [0.15, 0.2) is 0 Å². The largest absolute Gasteiger partial charge is 0.478 e. The molecule has 5 heteroatoms. The number of halogens is 1. The molecular weight excluding hydrogens is 369 g/mol. The molecule has 0 bridgehead atoms. The molecule has 20 heavy (non-hydrogen) atoms. The summed E-state index contributed by atoms with van der Waals surface area (Å²) in [5, 5.41) is 12.0.